The Bertz CT molecular complexity index is 464. The Morgan fingerprint density at radius 1 is 1.25 bits per heavy atom. The maximum atomic E-state index is 5.54. The Morgan fingerprint density at radius 2 is 1.92 bits per heavy atom. The smallest absolute Gasteiger partial charge is 0.193 e. The molecule has 0 spiro atoms. The van der Waals surface area contributed by atoms with Crippen LogP contribution < -0.4 is 10.1 Å². The first kappa shape index (κ1) is 23.0. The lowest BCUT2D eigenvalue weighted by molar-refractivity contribution is 0.0776. The minimum Gasteiger partial charge on any atom is -0.494 e. The van der Waals surface area contributed by atoms with E-state index in [1.807, 2.05) is 33.2 Å². The summed E-state index contributed by atoms with van der Waals surface area (Å²) < 4.78 is 11.0. The predicted octanol–water partition coefficient (Wildman–Crippen LogP) is 3.53. The van der Waals surface area contributed by atoms with E-state index in [1.54, 1.807) is 0 Å². The number of ether oxygens (including phenoxy) is 2. The molecule has 0 aliphatic heterocycles. The minimum absolute atomic E-state index is 0. The molecule has 0 heterocycles. The number of aliphatic imine (C=N–C) groups is 1. The van der Waals surface area contributed by atoms with Crippen LogP contribution >= 0.6 is 24.0 Å². The lowest BCUT2D eigenvalue weighted by atomic mass is 10.2. The highest BCUT2D eigenvalue weighted by atomic mass is 127. The van der Waals surface area contributed by atoms with Crippen LogP contribution in [-0.2, 0) is 11.3 Å². The summed E-state index contributed by atoms with van der Waals surface area (Å²) in [6, 6.07) is 8.19. The molecule has 0 atom stereocenters. The molecule has 0 aliphatic rings. The van der Waals surface area contributed by atoms with Crippen molar-refractivity contribution in [3.05, 3.63) is 29.8 Å². The zero-order valence-electron chi connectivity index (χ0n) is 15.5. The maximum absolute atomic E-state index is 5.54. The number of guanidine groups is 1. The van der Waals surface area contributed by atoms with Gasteiger partial charge in [0.15, 0.2) is 5.96 Å². The molecule has 1 aromatic carbocycles. The van der Waals surface area contributed by atoms with Gasteiger partial charge in [0, 0.05) is 33.8 Å². The van der Waals surface area contributed by atoms with Crippen molar-refractivity contribution in [3.8, 4) is 5.75 Å². The van der Waals surface area contributed by atoms with E-state index in [2.05, 4.69) is 41.2 Å². The van der Waals surface area contributed by atoms with Crippen LogP contribution in [0.5, 0.6) is 5.75 Å². The highest BCUT2D eigenvalue weighted by Gasteiger charge is 2.06. The van der Waals surface area contributed by atoms with Crippen molar-refractivity contribution in [2.24, 2.45) is 4.99 Å². The summed E-state index contributed by atoms with van der Waals surface area (Å²) in [4.78, 5) is 6.44. The summed E-state index contributed by atoms with van der Waals surface area (Å²) in [5.41, 5.74) is 1.22. The highest BCUT2D eigenvalue weighted by Crippen LogP contribution is 2.13. The zero-order valence-corrected chi connectivity index (χ0v) is 17.9. The van der Waals surface area contributed by atoms with Gasteiger partial charge < -0.3 is 19.7 Å². The monoisotopic (exact) mass is 449 g/mol. The highest BCUT2D eigenvalue weighted by molar-refractivity contribution is 14.0. The number of hydrogen-bond acceptors (Lipinski definition) is 3. The maximum Gasteiger partial charge on any atom is 0.193 e. The number of halogens is 1. The number of hydrogen-bond donors (Lipinski definition) is 1. The van der Waals surface area contributed by atoms with E-state index in [-0.39, 0.29) is 30.1 Å². The minimum atomic E-state index is 0. The zero-order chi connectivity index (χ0) is 17.1. The fourth-order valence-electron chi connectivity index (χ4n) is 2.18. The first-order valence-corrected chi connectivity index (χ1v) is 8.32. The van der Waals surface area contributed by atoms with E-state index in [0.29, 0.717) is 6.61 Å². The standard InChI is InChI=1S/C18H31N3O2.HI/c1-6-22-17-10-8-16(9-11-17)14-21(5)18(19-4)20-12-7-13-23-15(2)3;/h8-11,15H,6-7,12-14H2,1-5H3,(H,19,20);1H. The summed E-state index contributed by atoms with van der Waals surface area (Å²) >= 11 is 0. The lowest BCUT2D eigenvalue weighted by Gasteiger charge is -2.22. The second-order valence-electron chi connectivity index (χ2n) is 5.68. The van der Waals surface area contributed by atoms with Crippen LogP contribution in [0.2, 0.25) is 0 Å². The molecule has 0 radical (unpaired) electrons. The van der Waals surface area contributed by atoms with Crippen LogP contribution in [-0.4, -0.2) is 50.8 Å². The number of rotatable bonds is 9. The molecule has 0 saturated heterocycles. The third kappa shape index (κ3) is 9.32. The van der Waals surface area contributed by atoms with E-state index >= 15 is 0 Å². The molecule has 0 aromatic heterocycles. The fourth-order valence-corrected chi connectivity index (χ4v) is 2.18. The first-order chi connectivity index (χ1) is 11.1. The average molecular weight is 449 g/mol. The Hall–Kier alpha value is -1.02. The van der Waals surface area contributed by atoms with Crippen LogP contribution in [0.1, 0.15) is 32.8 Å². The molecule has 1 aromatic rings. The Balaban J connectivity index is 0.00000529. The van der Waals surface area contributed by atoms with Crippen molar-refractivity contribution in [3.63, 3.8) is 0 Å². The number of benzene rings is 1. The molecule has 138 valence electrons. The van der Waals surface area contributed by atoms with E-state index < -0.39 is 0 Å². The SMILES string of the molecule is CCOc1ccc(CN(C)C(=NC)NCCCOC(C)C)cc1.I. The molecule has 6 heteroatoms. The summed E-state index contributed by atoms with van der Waals surface area (Å²) in [7, 11) is 3.85. The third-order valence-corrected chi connectivity index (χ3v) is 3.28. The van der Waals surface area contributed by atoms with Crippen LogP contribution in [0.4, 0.5) is 0 Å². The van der Waals surface area contributed by atoms with Gasteiger partial charge in [-0.05, 0) is 44.9 Å². The van der Waals surface area contributed by atoms with E-state index in [9.17, 15) is 0 Å². The van der Waals surface area contributed by atoms with Crippen molar-refractivity contribution in [1.29, 1.82) is 0 Å². The summed E-state index contributed by atoms with van der Waals surface area (Å²) in [5, 5.41) is 3.37. The van der Waals surface area contributed by atoms with E-state index in [1.165, 1.54) is 5.56 Å². The Morgan fingerprint density at radius 3 is 2.46 bits per heavy atom. The fraction of sp³-hybridized carbons (Fsp3) is 0.611. The van der Waals surface area contributed by atoms with Crippen molar-refractivity contribution in [2.45, 2.75) is 39.8 Å². The molecule has 0 amide bonds. The second-order valence-corrected chi connectivity index (χ2v) is 5.68. The first-order valence-electron chi connectivity index (χ1n) is 8.32. The largest absolute Gasteiger partial charge is 0.494 e. The van der Waals surface area contributed by atoms with Crippen LogP contribution in [0.15, 0.2) is 29.3 Å². The Kier molecular flexibility index (Phi) is 12.7. The van der Waals surface area contributed by atoms with Crippen molar-refractivity contribution >= 4 is 29.9 Å². The summed E-state index contributed by atoms with van der Waals surface area (Å²) in [6.45, 7) is 9.21. The van der Waals surface area contributed by atoms with Gasteiger partial charge in [0.05, 0.1) is 12.7 Å². The van der Waals surface area contributed by atoms with E-state index in [0.717, 1.165) is 37.8 Å². The Labute approximate surface area is 163 Å². The molecule has 0 fully saturated rings. The van der Waals surface area contributed by atoms with Gasteiger partial charge in [0.1, 0.15) is 5.75 Å². The molecule has 24 heavy (non-hydrogen) atoms. The van der Waals surface area contributed by atoms with Crippen LogP contribution in [0.3, 0.4) is 0 Å². The van der Waals surface area contributed by atoms with Crippen LogP contribution in [0, 0.1) is 0 Å². The molecule has 1 N–H and O–H groups in total. The van der Waals surface area contributed by atoms with Gasteiger partial charge in [-0.1, -0.05) is 12.1 Å². The third-order valence-electron chi connectivity index (χ3n) is 3.28. The summed E-state index contributed by atoms with van der Waals surface area (Å²) in [5.74, 6) is 1.80. The van der Waals surface area contributed by atoms with Gasteiger partial charge in [-0.3, -0.25) is 4.99 Å². The number of nitrogens with one attached hydrogen (secondary N) is 1. The lowest BCUT2D eigenvalue weighted by Crippen LogP contribution is -2.39. The molecular weight excluding hydrogens is 417 g/mol. The van der Waals surface area contributed by atoms with Crippen molar-refractivity contribution in [1.82, 2.24) is 10.2 Å². The molecule has 0 unspecified atom stereocenters. The van der Waals surface area contributed by atoms with Gasteiger partial charge in [0.25, 0.3) is 0 Å². The van der Waals surface area contributed by atoms with Gasteiger partial charge in [-0.15, -0.1) is 24.0 Å². The second kappa shape index (κ2) is 13.3. The van der Waals surface area contributed by atoms with Crippen molar-refractivity contribution < 1.29 is 9.47 Å². The van der Waals surface area contributed by atoms with Crippen LogP contribution in [0.25, 0.3) is 0 Å². The van der Waals surface area contributed by atoms with Gasteiger partial charge >= 0.3 is 0 Å². The molecule has 1 rings (SSSR count). The molecule has 0 aliphatic carbocycles. The van der Waals surface area contributed by atoms with Crippen molar-refractivity contribution in [2.75, 3.05) is 33.9 Å². The number of nitrogens with zero attached hydrogens (tertiary/aromatic N) is 2. The molecular formula is C18H32IN3O2. The normalized spacial score (nSPS) is 11.2. The van der Waals surface area contributed by atoms with E-state index in [4.69, 9.17) is 9.47 Å². The van der Waals surface area contributed by atoms with Gasteiger partial charge in [-0.2, -0.15) is 0 Å². The molecule has 0 bridgehead atoms. The molecule has 0 saturated carbocycles. The summed E-state index contributed by atoms with van der Waals surface area (Å²) in [6.07, 6.45) is 1.25. The predicted molar refractivity (Wildman–Crippen MR) is 112 cm³/mol. The average Bonchev–Trinajstić information content (AvgIpc) is 2.52. The topological polar surface area (TPSA) is 46.1 Å². The molecule has 5 nitrogen and oxygen atoms in total. The quantitative estimate of drug-likeness (QED) is 0.271. The van der Waals surface area contributed by atoms with Gasteiger partial charge in [-0.25, -0.2) is 0 Å². The van der Waals surface area contributed by atoms with Gasteiger partial charge in [0.2, 0.25) is 0 Å².